The summed E-state index contributed by atoms with van der Waals surface area (Å²) in [6.45, 7) is 32.0. The lowest BCUT2D eigenvalue weighted by molar-refractivity contribution is 0.667. The van der Waals surface area contributed by atoms with Crippen molar-refractivity contribution in [3.8, 4) is 44.5 Å². The topological polar surface area (TPSA) is 0 Å². The number of rotatable bonds is 0. The predicted molar refractivity (Wildman–Crippen MR) is 398 cm³/mol. The standard InChI is InChI=1S/2C37H22.8C2H6/c1-5-13-26-21(8-1)16-17-31-33(26)34-27-14-6-2-9-22(27)18-30-28-15-7-11-23-19-29-25-12-4-3-10-24(25)20-37(31,36(30)34)35(29)32(23)28;1-2-9-22-19-32-31(16-21(22)8-1)34-27-14-6-3-10-23(27)17-30-28-15-7-12-24-18-29-26-13-5-4-11-25(26)20-37(32,36(30)34)35(29)33(24)28;8*1-2/h1-18H,19-20H2;1-17,19H,18,20H2;8*1-2H3. The normalized spacial score (nSPS) is 16.3. The van der Waals surface area contributed by atoms with Crippen LogP contribution in [0.2, 0.25) is 0 Å². The van der Waals surface area contributed by atoms with Gasteiger partial charge in [0.1, 0.15) is 0 Å². The first kappa shape index (κ1) is 62.8. The Balaban J connectivity index is 0.000000152. The molecule has 0 N–H and O–H groups in total. The summed E-state index contributed by atoms with van der Waals surface area (Å²) < 4.78 is 0. The molecule has 8 aliphatic rings. The number of benzene rings is 12. The minimum Gasteiger partial charge on any atom is -0.0683 e. The van der Waals surface area contributed by atoms with Gasteiger partial charge in [-0.2, -0.15) is 0 Å². The van der Waals surface area contributed by atoms with E-state index in [9.17, 15) is 0 Å². The van der Waals surface area contributed by atoms with Crippen molar-refractivity contribution in [2.45, 2.75) is 147 Å². The van der Waals surface area contributed by atoms with Crippen LogP contribution < -0.4 is 0 Å². The lowest BCUT2D eigenvalue weighted by Crippen LogP contribution is -2.35. The van der Waals surface area contributed by atoms with E-state index in [4.69, 9.17) is 0 Å². The minimum absolute atomic E-state index is 0.142. The highest BCUT2D eigenvalue weighted by Gasteiger charge is 2.58. The van der Waals surface area contributed by atoms with Gasteiger partial charge in [-0.1, -0.05) is 305 Å². The molecule has 0 aliphatic heterocycles. The van der Waals surface area contributed by atoms with E-state index in [-0.39, 0.29) is 10.8 Å². The molecule has 0 amide bonds. The maximum Gasteiger partial charge on any atom is 0.0519 e. The van der Waals surface area contributed by atoms with Crippen LogP contribution >= 0.6 is 0 Å². The van der Waals surface area contributed by atoms with Crippen molar-refractivity contribution in [2.24, 2.45) is 0 Å². The maximum absolute atomic E-state index is 2.54. The quantitative estimate of drug-likeness (QED) is 0.142. The predicted octanol–water partition coefficient (Wildman–Crippen LogP) is 26.1. The van der Waals surface area contributed by atoms with E-state index in [1.54, 1.807) is 33.4 Å². The van der Waals surface area contributed by atoms with Crippen LogP contribution in [0.1, 0.15) is 178 Å². The molecule has 2 spiro atoms. The molecule has 0 nitrogen and oxygen atoms in total. The lowest BCUT2D eigenvalue weighted by atomic mass is 9.58. The second kappa shape index (κ2) is 25.9. The van der Waals surface area contributed by atoms with Crippen molar-refractivity contribution in [1.82, 2.24) is 0 Å². The molecule has 0 heterocycles. The van der Waals surface area contributed by atoms with Gasteiger partial charge in [-0.25, -0.2) is 0 Å². The van der Waals surface area contributed by atoms with E-state index in [1.807, 2.05) is 111 Å². The van der Waals surface area contributed by atoms with Crippen LogP contribution in [0.5, 0.6) is 0 Å². The summed E-state index contributed by atoms with van der Waals surface area (Å²) in [6, 6.07) is 83.3. The molecule has 0 heteroatoms. The Bertz CT molecular complexity index is 4680. The summed E-state index contributed by atoms with van der Waals surface area (Å²) in [6.07, 6.45) is 4.12. The fourth-order valence-corrected chi connectivity index (χ4v) is 16.9. The van der Waals surface area contributed by atoms with Gasteiger partial charge in [-0.15, -0.1) is 0 Å². The number of allylic oxidation sites excluding steroid dienone is 4. The largest absolute Gasteiger partial charge is 0.0683 e. The van der Waals surface area contributed by atoms with Gasteiger partial charge >= 0.3 is 0 Å². The molecule has 12 aromatic rings. The Labute approximate surface area is 539 Å². The Morgan fingerprint density at radius 1 is 0.233 bits per heavy atom. The van der Waals surface area contributed by atoms with Crippen LogP contribution in [-0.2, 0) is 36.5 Å². The van der Waals surface area contributed by atoms with Crippen LogP contribution in [0.25, 0.3) is 110 Å². The van der Waals surface area contributed by atoms with Crippen LogP contribution in [0.15, 0.2) is 218 Å². The summed E-state index contributed by atoms with van der Waals surface area (Å²) in [7, 11) is 0. The van der Waals surface area contributed by atoms with Crippen LogP contribution in [0, 0.1) is 0 Å². The first-order chi connectivity index (χ1) is 44.7. The Hall–Kier alpha value is -8.84. The summed E-state index contributed by atoms with van der Waals surface area (Å²) in [5.74, 6) is 0. The van der Waals surface area contributed by atoms with Gasteiger partial charge in [0.2, 0.25) is 0 Å². The minimum atomic E-state index is -0.142. The van der Waals surface area contributed by atoms with Crippen molar-refractivity contribution in [3.05, 3.63) is 285 Å². The van der Waals surface area contributed by atoms with Crippen molar-refractivity contribution in [1.29, 1.82) is 0 Å². The average molecular weight is 1170 g/mol. The third-order valence-electron chi connectivity index (χ3n) is 19.4. The molecule has 2 atom stereocenters. The highest BCUT2D eigenvalue weighted by atomic mass is 14.6. The Morgan fingerprint density at radius 3 is 1.09 bits per heavy atom. The molecule has 0 radical (unpaired) electrons. The number of fused-ring (bicyclic) bond motifs is 17. The highest BCUT2D eigenvalue weighted by molar-refractivity contribution is 6.23. The fourth-order valence-electron chi connectivity index (χ4n) is 16.9. The number of hydrogen-bond acceptors (Lipinski definition) is 0. The van der Waals surface area contributed by atoms with Crippen molar-refractivity contribution in [2.75, 3.05) is 0 Å². The lowest BCUT2D eigenvalue weighted by Gasteiger charge is -2.44. The van der Waals surface area contributed by atoms with Gasteiger partial charge in [0, 0.05) is 0 Å². The van der Waals surface area contributed by atoms with E-state index in [0.29, 0.717) is 0 Å². The van der Waals surface area contributed by atoms with Crippen molar-refractivity contribution >= 4 is 65.4 Å². The van der Waals surface area contributed by atoms with Crippen molar-refractivity contribution < 1.29 is 0 Å². The zero-order valence-corrected chi connectivity index (χ0v) is 56.6. The summed E-state index contributed by atoms with van der Waals surface area (Å²) in [5, 5.41) is 10.8. The smallest absolute Gasteiger partial charge is 0.0519 e. The highest BCUT2D eigenvalue weighted by Crippen LogP contribution is 2.72. The monoisotopic (exact) mass is 1170 g/mol. The van der Waals surface area contributed by atoms with Gasteiger partial charge in [0.05, 0.1) is 10.8 Å². The van der Waals surface area contributed by atoms with Gasteiger partial charge in [0.25, 0.3) is 0 Å². The van der Waals surface area contributed by atoms with Crippen LogP contribution in [0.3, 0.4) is 0 Å². The first-order valence-corrected chi connectivity index (χ1v) is 34.8. The van der Waals surface area contributed by atoms with Crippen molar-refractivity contribution in [3.63, 3.8) is 0 Å². The van der Waals surface area contributed by atoms with E-state index in [2.05, 4.69) is 218 Å². The van der Waals surface area contributed by atoms with E-state index < -0.39 is 0 Å². The molecule has 0 bridgehead atoms. The SMILES string of the molecule is CC.CC.CC.CC.CC.CC.CC.CC.c1ccc2c(c1)CC13C4=C2Cc2cccc(c24)-c2cc4ccccc4c(c21)-c1c3ccc2ccccc12.c1ccc2c(c1)CC13C4=C2Cc2cccc(c24)-c2cc4ccccc4c(c21)-c1cc2ccccc2cc13. The van der Waals surface area contributed by atoms with E-state index >= 15 is 0 Å². The van der Waals surface area contributed by atoms with Crippen LogP contribution in [0.4, 0.5) is 0 Å². The molecule has 0 saturated carbocycles. The third-order valence-corrected chi connectivity index (χ3v) is 19.4. The fraction of sp³-hybridized carbons (Fsp3) is 0.244. The summed E-state index contributed by atoms with van der Waals surface area (Å²) in [5.41, 5.74) is 35.6. The zero-order valence-electron chi connectivity index (χ0n) is 56.6. The molecule has 90 heavy (non-hydrogen) atoms. The molecule has 20 rings (SSSR count). The van der Waals surface area contributed by atoms with E-state index in [0.717, 1.165) is 25.7 Å². The van der Waals surface area contributed by atoms with Gasteiger partial charge in [-0.05, 0) is 227 Å². The molecule has 12 aromatic carbocycles. The maximum atomic E-state index is 2.54. The second-order valence-corrected chi connectivity index (χ2v) is 22.5. The van der Waals surface area contributed by atoms with Gasteiger partial charge in [-0.3, -0.25) is 0 Å². The molecule has 8 aliphatic carbocycles. The summed E-state index contributed by atoms with van der Waals surface area (Å²) >= 11 is 0. The van der Waals surface area contributed by atoms with Gasteiger partial charge in [0.15, 0.2) is 0 Å². The molecular formula is C90H92. The molecule has 0 saturated heterocycles. The third kappa shape index (κ3) is 8.67. The molecule has 452 valence electrons. The zero-order chi connectivity index (χ0) is 63.8. The molecule has 0 aromatic heterocycles. The molecular weight excluding hydrogens is 1080 g/mol. The average Bonchev–Trinajstić information content (AvgIpc) is 1.48. The van der Waals surface area contributed by atoms with Gasteiger partial charge < -0.3 is 0 Å². The summed E-state index contributed by atoms with van der Waals surface area (Å²) in [4.78, 5) is 0. The van der Waals surface area contributed by atoms with E-state index in [1.165, 1.54) is 143 Å². The second-order valence-electron chi connectivity index (χ2n) is 22.5. The molecule has 2 unspecified atom stereocenters. The van der Waals surface area contributed by atoms with Crippen LogP contribution in [-0.4, -0.2) is 0 Å². The first-order valence-electron chi connectivity index (χ1n) is 34.8. The Kier molecular flexibility index (Phi) is 18.1. The Morgan fingerprint density at radius 2 is 0.589 bits per heavy atom. The molecule has 0 fully saturated rings. The number of hydrogen-bond donors (Lipinski definition) is 0.